The number of thiophene rings is 1. The van der Waals surface area contributed by atoms with Crippen LogP contribution < -0.4 is 9.64 Å². The van der Waals surface area contributed by atoms with Crippen LogP contribution in [-0.4, -0.2) is 35.9 Å². The van der Waals surface area contributed by atoms with Crippen molar-refractivity contribution in [2.45, 2.75) is 39.7 Å². The number of likely N-dealkylation sites (tertiary alicyclic amines) is 1. The second-order valence-corrected chi connectivity index (χ2v) is 8.95. The van der Waals surface area contributed by atoms with E-state index in [0.717, 1.165) is 36.6 Å². The summed E-state index contributed by atoms with van der Waals surface area (Å²) in [4.78, 5) is 31.1. The molecule has 2 aliphatic heterocycles. The average Bonchev–Trinajstić information content (AvgIpc) is 3.28. The van der Waals surface area contributed by atoms with Gasteiger partial charge in [0, 0.05) is 18.0 Å². The first-order valence-corrected chi connectivity index (χ1v) is 11.0. The van der Waals surface area contributed by atoms with Crippen LogP contribution in [0.5, 0.6) is 5.75 Å². The van der Waals surface area contributed by atoms with Crippen LogP contribution in [0.15, 0.2) is 47.5 Å². The lowest BCUT2D eigenvalue weighted by Crippen LogP contribution is -2.39. The molecule has 0 radical (unpaired) electrons. The van der Waals surface area contributed by atoms with Crippen molar-refractivity contribution in [1.29, 1.82) is 0 Å². The van der Waals surface area contributed by atoms with E-state index < -0.39 is 0 Å². The monoisotopic (exact) mass is 410 g/mol. The Hall–Kier alpha value is -2.60. The lowest BCUT2D eigenvalue weighted by Gasteiger charge is -2.33. The van der Waals surface area contributed by atoms with E-state index in [9.17, 15) is 9.59 Å². The minimum Gasteiger partial charge on any atom is -0.491 e. The summed E-state index contributed by atoms with van der Waals surface area (Å²) in [6.07, 6.45) is 2.25. The number of amides is 2. The van der Waals surface area contributed by atoms with Crippen LogP contribution in [0.3, 0.4) is 0 Å². The van der Waals surface area contributed by atoms with Crippen LogP contribution in [0, 0.1) is 5.92 Å². The van der Waals surface area contributed by atoms with Gasteiger partial charge in [0.05, 0.1) is 17.4 Å². The maximum atomic E-state index is 13.5. The smallest absolute Gasteiger partial charge is 0.282 e. The Bertz CT molecular complexity index is 932. The Balaban J connectivity index is 1.70. The molecule has 1 unspecified atom stereocenters. The van der Waals surface area contributed by atoms with Gasteiger partial charge in [-0.3, -0.25) is 9.59 Å². The fourth-order valence-corrected chi connectivity index (χ4v) is 4.79. The lowest BCUT2D eigenvalue weighted by atomic mass is 9.99. The highest BCUT2D eigenvalue weighted by Gasteiger charge is 2.43. The molecular formula is C23H26N2O3S. The van der Waals surface area contributed by atoms with E-state index in [4.69, 9.17) is 4.74 Å². The van der Waals surface area contributed by atoms with E-state index in [1.165, 1.54) is 16.2 Å². The maximum absolute atomic E-state index is 13.5. The van der Waals surface area contributed by atoms with Crippen molar-refractivity contribution in [1.82, 2.24) is 4.90 Å². The second kappa shape index (κ2) is 8.03. The Morgan fingerprint density at radius 1 is 1.10 bits per heavy atom. The van der Waals surface area contributed by atoms with Gasteiger partial charge in [-0.1, -0.05) is 13.0 Å². The molecule has 1 atom stereocenters. The molecule has 29 heavy (non-hydrogen) atoms. The fourth-order valence-electron chi connectivity index (χ4n) is 4.03. The van der Waals surface area contributed by atoms with E-state index in [-0.39, 0.29) is 17.9 Å². The zero-order valence-electron chi connectivity index (χ0n) is 17.1. The number of hydrogen-bond donors (Lipinski definition) is 0. The van der Waals surface area contributed by atoms with Crippen molar-refractivity contribution in [3.63, 3.8) is 0 Å². The number of nitrogens with zero attached hydrogens (tertiary/aromatic N) is 2. The Labute approximate surface area is 175 Å². The van der Waals surface area contributed by atoms with Crippen LogP contribution >= 0.6 is 11.3 Å². The molecule has 1 fully saturated rings. The number of ether oxygens (including phenoxy) is 1. The minimum atomic E-state index is -0.247. The number of hydrogen-bond acceptors (Lipinski definition) is 5. The van der Waals surface area contributed by atoms with Gasteiger partial charge in [0.15, 0.2) is 0 Å². The summed E-state index contributed by atoms with van der Waals surface area (Å²) in [5.41, 5.74) is 1.65. The summed E-state index contributed by atoms with van der Waals surface area (Å²) in [5.74, 6) is 0.748. The Morgan fingerprint density at radius 3 is 2.48 bits per heavy atom. The van der Waals surface area contributed by atoms with Gasteiger partial charge < -0.3 is 9.64 Å². The number of carbonyl (C=O) groups excluding carboxylic acids is 2. The summed E-state index contributed by atoms with van der Waals surface area (Å²) in [7, 11) is 0. The Morgan fingerprint density at radius 2 is 1.86 bits per heavy atom. The summed E-state index contributed by atoms with van der Waals surface area (Å²) >= 11 is 1.50. The molecule has 2 aromatic rings. The molecule has 3 heterocycles. The standard InChI is InChI=1S/C23H26N2O3S/c1-15(2)28-18-10-8-17(9-11-18)25-22(26)20(19-7-5-13-29-19)21(23(25)27)24-12-4-6-16(3)14-24/h5,7-11,13,15-16H,4,6,12,14H2,1-3H3. The van der Waals surface area contributed by atoms with Crippen molar-refractivity contribution in [3.05, 3.63) is 52.4 Å². The van der Waals surface area contributed by atoms with Crippen LogP contribution in [0.1, 0.15) is 38.5 Å². The van der Waals surface area contributed by atoms with Crippen molar-refractivity contribution < 1.29 is 14.3 Å². The second-order valence-electron chi connectivity index (χ2n) is 8.00. The largest absolute Gasteiger partial charge is 0.491 e. The van der Waals surface area contributed by atoms with Crippen LogP contribution in [-0.2, 0) is 9.59 Å². The third kappa shape index (κ3) is 3.81. The van der Waals surface area contributed by atoms with Gasteiger partial charge in [0.1, 0.15) is 11.4 Å². The predicted molar refractivity (Wildman–Crippen MR) is 116 cm³/mol. The molecule has 1 aromatic carbocycles. The maximum Gasteiger partial charge on any atom is 0.282 e. The molecule has 5 nitrogen and oxygen atoms in total. The van der Waals surface area contributed by atoms with Gasteiger partial charge in [0.2, 0.25) is 0 Å². The highest BCUT2D eigenvalue weighted by Crippen LogP contribution is 2.38. The first-order chi connectivity index (χ1) is 14.0. The third-order valence-electron chi connectivity index (χ3n) is 5.27. The van der Waals surface area contributed by atoms with Crippen molar-refractivity contribution >= 4 is 34.4 Å². The zero-order valence-corrected chi connectivity index (χ0v) is 17.9. The summed E-state index contributed by atoms with van der Waals surface area (Å²) in [5, 5.41) is 1.94. The molecule has 0 saturated carbocycles. The van der Waals surface area contributed by atoms with Gasteiger partial charge in [-0.05, 0) is 68.3 Å². The van der Waals surface area contributed by atoms with Gasteiger partial charge >= 0.3 is 0 Å². The average molecular weight is 411 g/mol. The van der Waals surface area contributed by atoms with Crippen LogP contribution in [0.4, 0.5) is 5.69 Å². The van der Waals surface area contributed by atoms with Gasteiger partial charge in [0.25, 0.3) is 11.8 Å². The van der Waals surface area contributed by atoms with Gasteiger partial charge in [-0.15, -0.1) is 11.3 Å². The van der Waals surface area contributed by atoms with E-state index >= 15 is 0 Å². The van der Waals surface area contributed by atoms with Gasteiger partial charge in [-0.25, -0.2) is 4.90 Å². The molecule has 0 spiro atoms. The van der Waals surface area contributed by atoms with Crippen LogP contribution in [0.25, 0.3) is 5.57 Å². The zero-order chi connectivity index (χ0) is 20.5. The predicted octanol–water partition coefficient (Wildman–Crippen LogP) is 4.55. The first-order valence-electron chi connectivity index (χ1n) is 10.1. The quantitative estimate of drug-likeness (QED) is 0.679. The van der Waals surface area contributed by atoms with E-state index in [0.29, 0.717) is 22.9 Å². The number of piperidine rings is 1. The number of carbonyl (C=O) groups is 2. The molecule has 0 aliphatic carbocycles. The number of imide groups is 1. The number of rotatable bonds is 5. The SMILES string of the molecule is CC1CCCN(C2=C(c3cccs3)C(=O)N(c3ccc(OC(C)C)cc3)C2=O)C1. The van der Waals surface area contributed by atoms with Crippen molar-refractivity contribution in [2.24, 2.45) is 5.92 Å². The minimum absolute atomic E-state index is 0.0655. The van der Waals surface area contributed by atoms with E-state index in [1.54, 1.807) is 12.1 Å². The molecule has 0 bridgehead atoms. The summed E-state index contributed by atoms with van der Waals surface area (Å²) in [6, 6.07) is 11.0. The molecule has 0 N–H and O–H groups in total. The Kier molecular flexibility index (Phi) is 5.46. The highest BCUT2D eigenvalue weighted by atomic mass is 32.1. The summed E-state index contributed by atoms with van der Waals surface area (Å²) < 4.78 is 5.69. The first kappa shape index (κ1) is 19.7. The molecule has 1 saturated heterocycles. The molecule has 2 amide bonds. The summed E-state index contributed by atoms with van der Waals surface area (Å²) in [6.45, 7) is 7.74. The van der Waals surface area contributed by atoms with E-state index in [1.807, 2.05) is 43.5 Å². The fraction of sp³-hybridized carbons (Fsp3) is 0.391. The molecule has 152 valence electrons. The van der Waals surface area contributed by atoms with Crippen LogP contribution in [0.2, 0.25) is 0 Å². The lowest BCUT2D eigenvalue weighted by molar-refractivity contribution is -0.120. The third-order valence-corrected chi connectivity index (χ3v) is 6.15. The molecule has 2 aliphatic rings. The van der Waals surface area contributed by atoms with Crippen molar-refractivity contribution in [3.8, 4) is 5.75 Å². The molecular weight excluding hydrogens is 384 g/mol. The molecule has 1 aromatic heterocycles. The van der Waals surface area contributed by atoms with Gasteiger partial charge in [-0.2, -0.15) is 0 Å². The van der Waals surface area contributed by atoms with Crippen molar-refractivity contribution in [2.75, 3.05) is 18.0 Å². The molecule has 6 heteroatoms. The topological polar surface area (TPSA) is 49.9 Å². The normalized spacial score (nSPS) is 20.2. The molecule has 4 rings (SSSR count). The van der Waals surface area contributed by atoms with E-state index in [2.05, 4.69) is 11.8 Å². The highest BCUT2D eigenvalue weighted by molar-refractivity contribution is 7.11. The number of anilines is 1. The number of benzene rings is 1.